The second kappa shape index (κ2) is 5.89. The molecule has 2 atom stereocenters. The molecule has 0 aromatic carbocycles. The topological polar surface area (TPSA) is 53.0 Å². The number of ether oxygens (including phenoxy) is 1. The minimum atomic E-state index is -0.453. The van der Waals surface area contributed by atoms with Gasteiger partial charge >= 0.3 is 6.09 Å². The van der Waals surface area contributed by atoms with Gasteiger partial charge < -0.3 is 14.7 Å². The fourth-order valence-electron chi connectivity index (χ4n) is 2.39. The van der Waals surface area contributed by atoms with Crippen molar-refractivity contribution in [3.63, 3.8) is 0 Å². The number of rotatable bonds is 2. The number of β-amino-alcohol motifs (C(OH)–C–C–N with tert-alkyl or cyclic N) is 1. The van der Waals surface area contributed by atoms with Gasteiger partial charge in [0.2, 0.25) is 0 Å². The van der Waals surface area contributed by atoms with Crippen LogP contribution < -0.4 is 0 Å². The van der Waals surface area contributed by atoms with Gasteiger partial charge in [-0.3, -0.25) is 4.90 Å². The number of piperazine rings is 1. The van der Waals surface area contributed by atoms with Gasteiger partial charge in [0.25, 0.3) is 0 Å². The molecule has 1 N–H and O–H groups in total. The molecule has 1 aliphatic rings. The average molecular weight is 258 g/mol. The molecule has 1 amide bonds. The third-order valence-corrected chi connectivity index (χ3v) is 3.11. The van der Waals surface area contributed by atoms with Crippen molar-refractivity contribution >= 4 is 6.09 Å². The summed E-state index contributed by atoms with van der Waals surface area (Å²) < 4.78 is 5.39. The third kappa shape index (κ3) is 4.14. The van der Waals surface area contributed by atoms with Crippen molar-refractivity contribution in [2.75, 3.05) is 26.2 Å². The van der Waals surface area contributed by atoms with Gasteiger partial charge in [0.05, 0.1) is 6.61 Å². The number of amides is 1. The number of nitrogens with zero attached hydrogens (tertiary/aromatic N) is 2. The highest BCUT2D eigenvalue weighted by Gasteiger charge is 2.33. The number of carbonyl (C=O) groups excluding carboxylic acids is 1. The first-order chi connectivity index (χ1) is 8.24. The van der Waals surface area contributed by atoms with Crippen molar-refractivity contribution in [1.82, 2.24) is 9.80 Å². The highest BCUT2D eigenvalue weighted by Crippen LogP contribution is 2.18. The second-order valence-electron chi connectivity index (χ2n) is 6.04. The minimum Gasteiger partial charge on any atom is -0.444 e. The van der Waals surface area contributed by atoms with E-state index in [1.54, 1.807) is 4.90 Å². The standard InChI is InChI=1S/C13H26N2O3/c1-10-8-14(12(17)18-13(3,4)5)9-11(2)15(10)6-7-16/h10-11,16H,6-9H2,1-5H3/t10-,11+. The molecule has 0 radical (unpaired) electrons. The molecule has 0 spiro atoms. The summed E-state index contributed by atoms with van der Waals surface area (Å²) in [6.07, 6.45) is -0.246. The van der Waals surface area contributed by atoms with Crippen molar-refractivity contribution in [2.45, 2.75) is 52.3 Å². The maximum Gasteiger partial charge on any atom is 0.410 e. The van der Waals surface area contributed by atoms with Crippen LogP contribution in [0.25, 0.3) is 0 Å². The molecular weight excluding hydrogens is 232 g/mol. The van der Waals surface area contributed by atoms with Crippen LogP contribution in [0.1, 0.15) is 34.6 Å². The zero-order valence-electron chi connectivity index (χ0n) is 12.1. The second-order valence-corrected chi connectivity index (χ2v) is 6.04. The molecule has 0 aromatic heterocycles. The summed E-state index contributed by atoms with van der Waals surface area (Å²) >= 11 is 0. The van der Waals surface area contributed by atoms with E-state index in [2.05, 4.69) is 18.7 Å². The molecule has 5 nitrogen and oxygen atoms in total. The van der Waals surface area contributed by atoms with Crippen LogP contribution in [-0.4, -0.2) is 64.9 Å². The van der Waals surface area contributed by atoms with E-state index in [0.29, 0.717) is 19.6 Å². The highest BCUT2D eigenvalue weighted by molar-refractivity contribution is 5.68. The molecule has 1 heterocycles. The normalized spacial score (nSPS) is 26.2. The predicted molar refractivity (Wildman–Crippen MR) is 70.5 cm³/mol. The molecule has 5 heteroatoms. The summed E-state index contributed by atoms with van der Waals surface area (Å²) in [5, 5.41) is 9.04. The monoisotopic (exact) mass is 258 g/mol. The SMILES string of the molecule is C[C@@H]1CN(C(=O)OC(C)(C)C)C[C@H](C)N1CCO. The van der Waals surface area contributed by atoms with E-state index in [0.717, 1.165) is 0 Å². The maximum atomic E-state index is 12.0. The Morgan fingerprint density at radius 3 is 2.17 bits per heavy atom. The number of hydrogen-bond acceptors (Lipinski definition) is 4. The number of aliphatic hydroxyl groups excluding tert-OH is 1. The van der Waals surface area contributed by atoms with Gasteiger partial charge in [-0.2, -0.15) is 0 Å². The summed E-state index contributed by atoms with van der Waals surface area (Å²) in [5.74, 6) is 0. The van der Waals surface area contributed by atoms with Gasteiger partial charge in [-0.25, -0.2) is 4.79 Å². The van der Waals surface area contributed by atoms with Gasteiger partial charge in [-0.05, 0) is 34.6 Å². The van der Waals surface area contributed by atoms with Crippen LogP contribution in [-0.2, 0) is 4.74 Å². The molecular formula is C13H26N2O3. The number of hydrogen-bond donors (Lipinski definition) is 1. The van der Waals surface area contributed by atoms with E-state index in [9.17, 15) is 4.79 Å². The first kappa shape index (κ1) is 15.2. The molecule has 0 aromatic rings. The quantitative estimate of drug-likeness (QED) is 0.811. The summed E-state index contributed by atoms with van der Waals surface area (Å²) in [5.41, 5.74) is -0.453. The average Bonchev–Trinajstić information content (AvgIpc) is 2.20. The summed E-state index contributed by atoms with van der Waals surface area (Å²) in [6, 6.07) is 0.488. The summed E-state index contributed by atoms with van der Waals surface area (Å²) in [6.45, 7) is 11.9. The van der Waals surface area contributed by atoms with Crippen molar-refractivity contribution in [3.05, 3.63) is 0 Å². The van der Waals surface area contributed by atoms with Crippen molar-refractivity contribution < 1.29 is 14.6 Å². The Morgan fingerprint density at radius 1 is 1.28 bits per heavy atom. The summed E-state index contributed by atoms with van der Waals surface area (Å²) in [4.78, 5) is 16.0. The van der Waals surface area contributed by atoms with Crippen LogP contribution in [0.5, 0.6) is 0 Å². The van der Waals surface area contributed by atoms with Gasteiger partial charge in [-0.1, -0.05) is 0 Å². The number of carbonyl (C=O) groups is 1. The fraction of sp³-hybridized carbons (Fsp3) is 0.923. The van der Waals surface area contributed by atoms with Crippen LogP contribution in [0.2, 0.25) is 0 Å². The Balaban J connectivity index is 2.59. The Kier molecular flexibility index (Phi) is 4.99. The van der Waals surface area contributed by atoms with E-state index in [4.69, 9.17) is 9.84 Å². The zero-order valence-corrected chi connectivity index (χ0v) is 12.1. The van der Waals surface area contributed by atoms with Gasteiger partial charge in [0.1, 0.15) is 5.60 Å². The largest absolute Gasteiger partial charge is 0.444 e. The zero-order chi connectivity index (χ0) is 13.9. The van der Waals surface area contributed by atoms with Crippen LogP contribution in [0.4, 0.5) is 4.79 Å². The lowest BCUT2D eigenvalue weighted by Gasteiger charge is -2.44. The van der Waals surface area contributed by atoms with Crippen molar-refractivity contribution in [1.29, 1.82) is 0 Å². The molecule has 1 fully saturated rings. The lowest BCUT2D eigenvalue weighted by Crippen LogP contribution is -2.59. The molecule has 18 heavy (non-hydrogen) atoms. The molecule has 1 rings (SSSR count). The van der Waals surface area contributed by atoms with E-state index in [-0.39, 0.29) is 24.8 Å². The Hall–Kier alpha value is -0.810. The third-order valence-electron chi connectivity index (χ3n) is 3.11. The van der Waals surface area contributed by atoms with E-state index in [1.165, 1.54) is 0 Å². The van der Waals surface area contributed by atoms with Crippen molar-refractivity contribution in [3.8, 4) is 0 Å². The Labute approximate surface area is 110 Å². The van der Waals surface area contributed by atoms with Gasteiger partial charge in [0, 0.05) is 31.7 Å². The number of aliphatic hydroxyl groups is 1. The van der Waals surface area contributed by atoms with Crippen LogP contribution in [0.15, 0.2) is 0 Å². The Morgan fingerprint density at radius 2 is 1.78 bits per heavy atom. The summed E-state index contributed by atoms with van der Waals surface area (Å²) in [7, 11) is 0. The van der Waals surface area contributed by atoms with E-state index >= 15 is 0 Å². The molecule has 0 aliphatic carbocycles. The Bertz CT molecular complexity index is 276. The first-order valence-electron chi connectivity index (χ1n) is 6.59. The molecule has 0 saturated carbocycles. The molecule has 1 saturated heterocycles. The van der Waals surface area contributed by atoms with Crippen molar-refractivity contribution in [2.24, 2.45) is 0 Å². The highest BCUT2D eigenvalue weighted by atomic mass is 16.6. The van der Waals surface area contributed by atoms with Crippen LogP contribution in [0.3, 0.4) is 0 Å². The predicted octanol–water partition coefficient (Wildman–Crippen LogP) is 1.31. The smallest absolute Gasteiger partial charge is 0.410 e. The van der Waals surface area contributed by atoms with Gasteiger partial charge in [-0.15, -0.1) is 0 Å². The lowest BCUT2D eigenvalue weighted by molar-refractivity contribution is -0.0107. The molecule has 0 bridgehead atoms. The molecule has 1 aliphatic heterocycles. The lowest BCUT2D eigenvalue weighted by atomic mass is 10.1. The minimum absolute atomic E-state index is 0.154. The fourth-order valence-corrected chi connectivity index (χ4v) is 2.39. The van der Waals surface area contributed by atoms with Crippen LogP contribution in [0, 0.1) is 0 Å². The maximum absolute atomic E-state index is 12.0. The van der Waals surface area contributed by atoms with E-state index in [1.807, 2.05) is 20.8 Å². The first-order valence-corrected chi connectivity index (χ1v) is 6.59. The molecule has 0 unspecified atom stereocenters. The molecule has 106 valence electrons. The van der Waals surface area contributed by atoms with E-state index < -0.39 is 5.60 Å². The van der Waals surface area contributed by atoms with Gasteiger partial charge in [0.15, 0.2) is 0 Å². The van der Waals surface area contributed by atoms with Crippen LogP contribution >= 0.6 is 0 Å².